The van der Waals surface area contributed by atoms with Crippen molar-refractivity contribution in [3.63, 3.8) is 0 Å². The molecule has 0 saturated carbocycles. The van der Waals surface area contributed by atoms with Crippen LogP contribution in [0.5, 0.6) is 0 Å². The van der Waals surface area contributed by atoms with Gasteiger partial charge in [-0.05, 0) is 38.1 Å². The average Bonchev–Trinajstić information content (AvgIpc) is 2.80. The van der Waals surface area contributed by atoms with Gasteiger partial charge in [0.2, 0.25) is 11.8 Å². The zero-order chi connectivity index (χ0) is 15.6. The van der Waals surface area contributed by atoms with Gasteiger partial charge in [-0.25, -0.2) is 4.39 Å². The lowest BCUT2D eigenvalue weighted by molar-refractivity contribution is -0.128. The van der Waals surface area contributed by atoms with Gasteiger partial charge in [0.25, 0.3) is 0 Å². The van der Waals surface area contributed by atoms with E-state index < -0.39 is 5.41 Å². The first-order valence-corrected chi connectivity index (χ1v) is 7.30. The monoisotopic (exact) mass is 312 g/mol. The molecule has 21 heavy (non-hydrogen) atoms. The van der Waals surface area contributed by atoms with Gasteiger partial charge in [0, 0.05) is 24.5 Å². The second kappa shape index (κ2) is 6.02. The van der Waals surface area contributed by atoms with Crippen molar-refractivity contribution in [3.05, 3.63) is 30.1 Å². The average molecular weight is 313 g/mol. The number of nitrogens with zero attached hydrogens (tertiary/aromatic N) is 1. The standard InChI is InChI=1S/C15H18ClFN2O2/c1-15(2,9-16)14(21)18-11-7-13(20)19(8-11)12-5-3-10(17)4-6-12/h3-6,11H,7-9H2,1-2H3,(H,18,21). The largest absolute Gasteiger partial charge is 0.351 e. The van der Waals surface area contributed by atoms with Crippen molar-refractivity contribution in [2.75, 3.05) is 17.3 Å². The highest BCUT2D eigenvalue weighted by Gasteiger charge is 2.35. The minimum absolute atomic E-state index is 0.0874. The van der Waals surface area contributed by atoms with E-state index in [0.29, 0.717) is 12.2 Å². The molecule has 1 heterocycles. The summed E-state index contributed by atoms with van der Waals surface area (Å²) in [7, 11) is 0. The Morgan fingerprint density at radius 1 is 1.43 bits per heavy atom. The van der Waals surface area contributed by atoms with Crippen molar-refractivity contribution in [1.82, 2.24) is 5.32 Å². The quantitative estimate of drug-likeness (QED) is 0.867. The molecule has 6 heteroatoms. The van der Waals surface area contributed by atoms with E-state index in [1.54, 1.807) is 30.9 Å². The van der Waals surface area contributed by atoms with Crippen LogP contribution < -0.4 is 10.2 Å². The molecule has 1 saturated heterocycles. The van der Waals surface area contributed by atoms with Gasteiger partial charge in [-0.3, -0.25) is 9.59 Å². The number of rotatable bonds is 4. The molecule has 1 fully saturated rings. The van der Waals surface area contributed by atoms with Gasteiger partial charge in [-0.1, -0.05) is 0 Å². The van der Waals surface area contributed by atoms with Crippen LogP contribution in [-0.2, 0) is 9.59 Å². The minimum Gasteiger partial charge on any atom is -0.351 e. The minimum atomic E-state index is -0.673. The highest BCUT2D eigenvalue weighted by molar-refractivity contribution is 6.19. The third-order valence-electron chi connectivity index (χ3n) is 3.55. The summed E-state index contributed by atoms with van der Waals surface area (Å²) in [5.41, 5.74) is -0.0387. The zero-order valence-corrected chi connectivity index (χ0v) is 12.8. The molecule has 0 bridgehead atoms. The molecule has 1 aromatic carbocycles. The van der Waals surface area contributed by atoms with E-state index in [4.69, 9.17) is 11.6 Å². The number of benzene rings is 1. The van der Waals surface area contributed by atoms with E-state index in [9.17, 15) is 14.0 Å². The molecular weight excluding hydrogens is 295 g/mol. The van der Waals surface area contributed by atoms with Crippen molar-refractivity contribution in [2.45, 2.75) is 26.3 Å². The summed E-state index contributed by atoms with van der Waals surface area (Å²) in [5, 5.41) is 2.85. The molecule has 0 spiro atoms. The number of alkyl halides is 1. The molecule has 1 aromatic rings. The van der Waals surface area contributed by atoms with Crippen LogP contribution in [0.4, 0.5) is 10.1 Å². The Hall–Kier alpha value is -1.62. The Bertz CT molecular complexity index is 545. The van der Waals surface area contributed by atoms with Gasteiger partial charge in [-0.15, -0.1) is 11.6 Å². The highest BCUT2D eigenvalue weighted by atomic mass is 35.5. The third-order valence-corrected chi connectivity index (χ3v) is 4.22. The summed E-state index contributed by atoms with van der Waals surface area (Å²) in [6.07, 6.45) is 0.238. The fourth-order valence-electron chi connectivity index (χ4n) is 2.12. The molecule has 0 aliphatic carbocycles. The highest BCUT2D eigenvalue weighted by Crippen LogP contribution is 2.23. The normalized spacial score (nSPS) is 19.0. The van der Waals surface area contributed by atoms with Crippen LogP contribution in [0.15, 0.2) is 24.3 Å². The van der Waals surface area contributed by atoms with Gasteiger partial charge in [0.15, 0.2) is 0 Å². The van der Waals surface area contributed by atoms with Gasteiger partial charge in [0.05, 0.1) is 11.5 Å². The van der Waals surface area contributed by atoms with Gasteiger partial charge in [0.1, 0.15) is 5.82 Å². The molecule has 2 rings (SSSR count). The zero-order valence-electron chi connectivity index (χ0n) is 12.0. The summed E-state index contributed by atoms with van der Waals surface area (Å²) < 4.78 is 12.9. The number of halogens is 2. The topological polar surface area (TPSA) is 49.4 Å². The molecule has 1 unspecified atom stereocenters. The first-order valence-electron chi connectivity index (χ1n) is 6.76. The van der Waals surface area contributed by atoms with Gasteiger partial charge < -0.3 is 10.2 Å². The van der Waals surface area contributed by atoms with E-state index in [0.717, 1.165) is 0 Å². The summed E-state index contributed by atoms with van der Waals surface area (Å²) in [4.78, 5) is 25.7. The van der Waals surface area contributed by atoms with Crippen LogP contribution in [0, 0.1) is 11.2 Å². The lowest BCUT2D eigenvalue weighted by atomic mass is 9.95. The first-order chi connectivity index (χ1) is 9.83. The van der Waals surface area contributed by atoms with E-state index in [2.05, 4.69) is 5.32 Å². The lowest BCUT2D eigenvalue weighted by Gasteiger charge is -2.23. The maximum atomic E-state index is 12.9. The molecule has 2 amide bonds. The molecule has 1 atom stereocenters. The van der Waals surface area contributed by atoms with Crippen LogP contribution in [0.2, 0.25) is 0 Å². The molecule has 0 aromatic heterocycles. The van der Waals surface area contributed by atoms with Gasteiger partial charge in [-0.2, -0.15) is 0 Å². The second-order valence-corrected chi connectivity index (χ2v) is 6.14. The number of amides is 2. The van der Waals surface area contributed by atoms with Crippen molar-refractivity contribution in [3.8, 4) is 0 Å². The Kier molecular flexibility index (Phi) is 4.52. The van der Waals surface area contributed by atoms with E-state index >= 15 is 0 Å². The smallest absolute Gasteiger partial charge is 0.229 e. The number of hydrogen-bond acceptors (Lipinski definition) is 2. The SMILES string of the molecule is CC(C)(CCl)C(=O)NC1CC(=O)N(c2ccc(F)cc2)C1. The Balaban J connectivity index is 2.03. The van der Waals surface area contributed by atoms with Crippen LogP contribution in [0.1, 0.15) is 20.3 Å². The van der Waals surface area contributed by atoms with E-state index in [1.807, 2.05) is 0 Å². The van der Waals surface area contributed by atoms with Crippen LogP contribution in [0.3, 0.4) is 0 Å². The van der Waals surface area contributed by atoms with Crippen molar-refractivity contribution in [2.24, 2.45) is 5.41 Å². The van der Waals surface area contributed by atoms with E-state index in [-0.39, 0.29) is 36.0 Å². The van der Waals surface area contributed by atoms with Crippen LogP contribution >= 0.6 is 11.6 Å². The fraction of sp³-hybridized carbons (Fsp3) is 0.467. The first kappa shape index (κ1) is 15.8. The molecular formula is C15H18ClFN2O2. The maximum Gasteiger partial charge on any atom is 0.229 e. The van der Waals surface area contributed by atoms with Crippen molar-refractivity contribution >= 4 is 29.1 Å². The number of carbonyl (C=O) groups excluding carboxylic acids is 2. The fourth-order valence-corrected chi connectivity index (χ4v) is 2.24. The Labute approximate surface area is 128 Å². The number of carbonyl (C=O) groups is 2. The molecule has 1 N–H and O–H groups in total. The number of anilines is 1. The van der Waals surface area contributed by atoms with Crippen molar-refractivity contribution in [1.29, 1.82) is 0 Å². The lowest BCUT2D eigenvalue weighted by Crippen LogP contribution is -2.44. The summed E-state index contributed by atoms with van der Waals surface area (Å²) in [6.45, 7) is 3.89. The predicted molar refractivity (Wildman–Crippen MR) is 79.8 cm³/mol. The maximum absolute atomic E-state index is 12.9. The summed E-state index contributed by atoms with van der Waals surface area (Å²) in [5.74, 6) is -0.396. The summed E-state index contributed by atoms with van der Waals surface area (Å²) >= 11 is 5.77. The van der Waals surface area contributed by atoms with Gasteiger partial charge >= 0.3 is 0 Å². The number of nitrogens with one attached hydrogen (secondary N) is 1. The Morgan fingerprint density at radius 3 is 2.62 bits per heavy atom. The molecule has 0 radical (unpaired) electrons. The third kappa shape index (κ3) is 3.53. The van der Waals surface area contributed by atoms with E-state index in [1.165, 1.54) is 12.1 Å². The van der Waals surface area contributed by atoms with Crippen LogP contribution in [-0.4, -0.2) is 30.3 Å². The molecule has 4 nitrogen and oxygen atoms in total. The van der Waals surface area contributed by atoms with Crippen LogP contribution in [0.25, 0.3) is 0 Å². The van der Waals surface area contributed by atoms with Crippen molar-refractivity contribution < 1.29 is 14.0 Å². The molecule has 1 aliphatic heterocycles. The Morgan fingerprint density at radius 2 is 2.05 bits per heavy atom. The summed E-state index contributed by atoms with van der Waals surface area (Å²) in [6, 6.07) is 5.48. The second-order valence-electron chi connectivity index (χ2n) is 5.87. The predicted octanol–water partition coefficient (Wildman–Crippen LogP) is 2.31. The number of hydrogen-bond donors (Lipinski definition) is 1. The molecule has 114 valence electrons. The molecule has 1 aliphatic rings.